The molecule has 1 atom stereocenters. The predicted octanol–water partition coefficient (Wildman–Crippen LogP) is 3.22. The fourth-order valence-corrected chi connectivity index (χ4v) is 5.08. The Bertz CT molecular complexity index is 921. The summed E-state index contributed by atoms with van der Waals surface area (Å²) >= 11 is 1.73. The predicted molar refractivity (Wildman–Crippen MR) is 129 cm³/mol. The molecule has 168 valence electrons. The van der Waals surface area contributed by atoms with Crippen LogP contribution in [-0.2, 0) is 5.41 Å². The smallest absolute Gasteiger partial charge is 0.129 e. The van der Waals surface area contributed by atoms with Gasteiger partial charge in [0, 0.05) is 59.1 Å². The molecule has 0 radical (unpaired) electrons. The summed E-state index contributed by atoms with van der Waals surface area (Å²) in [6.07, 6.45) is 5.82. The zero-order valence-electron chi connectivity index (χ0n) is 18.3. The Morgan fingerprint density at radius 1 is 1.35 bits per heavy atom. The van der Waals surface area contributed by atoms with Crippen molar-refractivity contribution in [2.24, 2.45) is 21.7 Å². The van der Waals surface area contributed by atoms with Crippen LogP contribution in [0.15, 0.2) is 46.3 Å². The first-order valence-electron chi connectivity index (χ1n) is 10.4. The molecule has 3 rings (SSSR count). The normalized spacial score (nSPS) is 25.4. The summed E-state index contributed by atoms with van der Waals surface area (Å²) in [4.78, 5) is 2.19. The third kappa shape index (κ3) is 5.49. The van der Waals surface area contributed by atoms with E-state index >= 15 is 4.39 Å². The van der Waals surface area contributed by atoms with Gasteiger partial charge in [-0.05, 0) is 50.5 Å². The first-order valence-corrected chi connectivity index (χ1v) is 11.4. The lowest BCUT2D eigenvalue weighted by atomic mass is 9.92. The lowest BCUT2D eigenvalue weighted by Gasteiger charge is -2.30. The molecule has 8 heteroatoms. The minimum absolute atomic E-state index is 0.0662. The molecular weight excluding hydrogens is 413 g/mol. The van der Waals surface area contributed by atoms with Crippen LogP contribution in [0.4, 0.5) is 4.39 Å². The van der Waals surface area contributed by atoms with Crippen LogP contribution in [0.1, 0.15) is 44.2 Å². The van der Waals surface area contributed by atoms with Crippen LogP contribution >= 0.6 is 11.8 Å². The molecule has 31 heavy (non-hydrogen) atoms. The Hall–Kier alpha value is -2.32. The molecule has 1 aromatic rings. The van der Waals surface area contributed by atoms with E-state index in [1.165, 1.54) is 6.07 Å². The third-order valence-corrected chi connectivity index (χ3v) is 7.33. The van der Waals surface area contributed by atoms with E-state index in [1.807, 2.05) is 19.1 Å². The van der Waals surface area contributed by atoms with Crippen LogP contribution in [0, 0.1) is 5.82 Å². The first kappa shape index (κ1) is 23.3. The number of rotatable bonds is 7. The third-order valence-electron chi connectivity index (χ3n) is 5.98. The molecule has 2 aliphatic rings. The van der Waals surface area contributed by atoms with Crippen LogP contribution < -0.4 is 11.5 Å². The molecule has 2 fully saturated rings. The molecule has 1 saturated carbocycles. The summed E-state index contributed by atoms with van der Waals surface area (Å²) in [6.45, 7) is 8.82. The zero-order valence-corrected chi connectivity index (χ0v) is 19.1. The highest BCUT2D eigenvalue weighted by Crippen LogP contribution is 2.50. The minimum atomic E-state index is -0.303. The fourth-order valence-electron chi connectivity index (χ4n) is 3.95. The lowest BCUT2D eigenvalue weighted by Crippen LogP contribution is -2.40. The Labute approximate surface area is 188 Å². The van der Waals surface area contributed by atoms with E-state index < -0.39 is 0 Å². The van der Waals surface area contributed by atoms with Gasteiger partial charge in [-0.15, -0.1) is 5.10 Å². The Morgan fingerprint density at radius 3 is 2.68 bits per heavy atom. The van der Waals surface area contributed by atoms with Gasteiger partial charge in [-0.1, -0.05) is 12.1 Å². The zero-order chi connectivity index (χ0) is 22.6. The SMILES string of the molecule is C=N/N=C1/C[C@](C)(CO)SCCN1CC1(c2ccc(/C(N)=C/C=C(/C)N)cc2F)CC1. The first-order chi connectivity index (χ1) is 14.7. The Balaban J connectivity index is 1.84. The summed E-state index contributed by atoms with van der Waals surface area (Å²) in [5.74, 6) is 1.42. The van der Waals surface area contributed by atoms with Gasteiger partial charge in [-0.25, -0.2) is 4.39 Å². The Morgan fingerprint density at radius 2 is 2.10 bits per heavy atom. The van der Waals surface area contributed by atoms with Gasteiger partial charge in [0.15, 0.2) is 0 Å². The number of allylic oxidation sites excluding steroid dienone is 3. The summed E-state index contributed by atoms with van der Waals surface area (Å²) in [5.41, 5.74) is 13.9. The van der Waals surface area contributed by atoms with Crippen LogP contribution in [0.25, 0.3) is 5.70 Å². The number of benzene rings is 1. The van der Waals surface area contributed by atoms with Crippen molar-refractivity contribution in [1.29, 1.82) is 0 Å². The van der Waals surface area contributed by atoms with Crippen molar-refractivity contribution in [2.45, 2.75) is 43.3 Å². The molecule has 0 unspecified atom stereocenters. The summed E-state index contributed by atoms with van der Waals surface area (Å²) < 4.78 is 14.9. The molecule has 6 nitrogen and oxygen atoms in total. The number of halogens is 1. The topological polar surface area (TPSA) is 100 Å². The van der Waals surface area contributed by atoms with E-state index in [2.05, 4.69) is 21.8 Å². The van der Waals surface area contributed by atoms with Crippen molar-refractivity contribution in [2.75, 3.05) is 25.4 Å². The van der Waals surface area contributed by atoms with Crippen LogP contribution in [0.5, 0.6) is 0 Å². The van der Waals surface area contributed by atoms with Gasteiger partial charge in [-0.2, -0.15) is 16.9 Å². The number of nitrogens with zero attached hydrogens (tertiary/aromatic N) is 3. The molecule has 5 N–H and O–H groups in total. The molecule has 0 bridgehead atoms. The number of hydrogen-bond acceptors (Lipinski definition) is 6. The minimum Gasteiger partial charge on any atom is -0.402 e. The molecule has 0 aromatic heterocycles. The van der Waals surface area contributed by atoms with E-state index in [0.717, 1.165) is 31.0 Å². The second kappa shape index (κ2) is 9.44. The van der Waals surface area contributed by atoms with Gasteiger partial charge in [0.1, 0.15) is 11.7 Å². The van der Waals surface area contributed by atoms with Crippen LogP contribution in [-0.4, -0.2) is 52.8 Å². The average Bonchev–Trinajstić information content (AvgIpc) is 3.52. The summed E-state index contributed by atoms with van der Waals surface area (Å²) in [7, 11) is 0. The van der Waals surface area contributed by atoms with Crippen molar-refractivity contribution < 1.29 is 9.50 Å². The van der Waals surface area contributed by atoms with Crippen molar-refractivity contribution in [1.82, 2.24) is 4.90 Å². The maximum atomic E-state index is 15.2. The largest absolute Gasteiger partial charge is 0.402 e. The lowest BCUT2D eigenvalue weighted by molar-refractivity contribution is 0.257. The van der Waals surface area contributed by atoms with Gasteiger partial charge >= 0.3 is 0 Å². The van der Waals surface area contributed by atoms with E-state index in [4.69, 9.17) is 11.5 Å². The molecule has 0 spiro atoms. The van der Waals surface area contributed by atoms with Crippen LogP contribution in [0.3, 0.4) is 0 Å². The van der Waals surface area contributed by atoms with Gasteiger partial charge < -0.3 is 21.5 Å². The average molecular weight is 446 g/mol. The quantitative estimate of drug-likeness (QED) is 0.340. The molecule has 1 heterocycles. The van der Waals surface area contributed by atoms with Crippen molar-refractivity contribution >= 4 is 30.0 Å². The Kier molecular flexibility index (Phi) is 7.11. The maximum Gasteiger partial charge on any atom is 0.129 e. The van der Waals surface area contributed by atoms with E-state index in [-0.39, 0.29) is 22.6 Å². The van der Waals surface area contributed by atoms with Gasteiger partial charge in [0.25, 0.3) is 0 Å². The van der Waals surface area contributed by atoms with Gasteiger partial charge in [0.05, 0.1) is 6.61 Å². The highest BCUT2D eigenvalue weighted by molar-refractivity contribution is 8.00. The van der Waals surface area contributed by atoms with Crippen LogP contribution in [0.2, 0.25) is 0 Å². The van der Waals surface area contributed by atoms with Gasteiger partial charge in [0.2, 0.25) is 0 Å². The highest BCUT2D eigenvalue weighted by atomic mass is 32.2. The molecule has 1 saturated heterocycles. The van der Waals surface area contributed by atoms with E-state index in [0.29, 0.717) is 35.5 Å². The second-order valence-corrected chi connectivity index (χ2v) is 10.4. The van der Waals surface area contributed by atoms with E-state index in [1.54, 1.807) is 30.8 Å². The number of hydrogen-bond donors (Lipinski definition) is 3. The second-order valence-electron chi connectivity index (χ2n) is 8.72. The number of nitrogens with two attached hydrogens (primary N) is 2. The number of aliphatic hydroxyl groups excluding tert-OH is 1. The fraction of sp³-hybridized carbons (Fsp3) is 0.478. The highest BCUT2D eigenvalue weighted by Gasteiger charge is 2.48. The van der Waals surface area contributed by atoms with E-state index in [9.17, 15) is 5.11 Å². The number of thioether (sulfide) groups is 1. The standard InChI is InChI=1S/C23H32FN5OS/c1-16(25)4-7-20(26)17-5-6-18(19(24)12-17)23(8-9-23)14-29-10-11-31-22(2,15-30)13-21(29)28-27-3/h4-7,12,30H,3,8-11,13-15,25-26H2,1-2H3/b16-4-,20-7-,28-21-/t22-/m1/s1. The van der Waals surface area contributed by atoms with Crippen molar-refractivity contribution in [3.05, 3.63) is 53.0 Å². The van der Waals surface area contributed by atoms with Crippen molar-refractivity contribution in [3.63, 3.8) is 0 Å². The molecule has 1 aromatic carbocycles. The maximum absolute atomic E-state index is 15.2. The van der Waals surface area contributed by atoms with Crippen molar-refractivity contribution in [3.8, 4) is 0 Å². The monoisotopic (exact) mass is 445 g/mol. The molecule has 1 aliphatic carbocycles. The summed E-state index contributed by atoms with van der Waals surface area (Å²) in [5, 5.41) is 17.8. The molecular formula is C23H32FN5OS. The number of aliphatic hydroxyl groups is 1. The molecule has 1 aliphatic heterocycles. The number of amidine groups is 1. The molecule has 0 amide bonds. The van der Waals surface area contributed by atoms with Gasteiger partial charge in [-0.3, -0.25) is 0 Å². The summed E-state index contributed by atoms with van der Waals surface area (Å²) in [6, 6.07) is 5.22.